The number of benzene rings is 2. The van der Waals surface area contributed by atoms with Gasteiger partial charge >= 0.3 is 5.69 Å². The predicted molar refractivity (Wildman–Crippen MR) is 120 cm³/mol. The summed E-state index contributed by atoms with van der Waals surface area (Å²) < 4.78 is 22.7. The van der Waals surface area contributed by atoms with Crippen molar-refractivity contribution >= 4 is 17.1 Å². The van der Waals surface area contributed by atoms with Crippen molar-refractivity contribution in [2.45, 2.75) is 0 Å². The first kappa shape index (κ1) is 21.7. The van der Waals surface area contributed by atoms with Crippen molar-refractivity contribution in [1.29, 1.82) is 0 Å². The van der Waals surface area contributed by atoms with E-state index in [1.807, 2.05) is 0 Å². The second-order valence-electron chi connectivity index (χ2n) is 6.80. The molecule has 0 radical (unpaired) electrons. The lowest BCUT2D eigenvalue weighted by molar-refractivity contribution is 0.0997. The molecule has 11 heteroatoms. The summed E-state index contributed by atoms with van der Waals surface area (Å²) in [4.78, 5) is 36.6. The Balaban J connectivity index is 2.05. The van der Waals surface area contributed by atoms with E-state index in [1.54, 1.807) is 36.4 Å². The Kier molecular flexibility index (Phi) is 5.61. The van der Waals surface area contributed by atoms with E-state index in [2.05, 4.69) is 15.0 Å². The molecule has 2 heterocycles. The van der Waals surface area contributed by atoms with Gasteiger partial charge in [-0.15, -0.1) is 0 Å². The number of carbonyl (C=O) groups is 1. The normalized spacial score (nSPS) is 10.8. The largest absolute Gasteiger partial charge is 0.493 e. The van der Waals surface area contributed by atoms with Gasteiger partial charge in [0.25, 0.3) is 5.91 Å². The number of para-hydroxylation sites is 1. The number of rotatable bonds is 7. The van der Waals surface area contributed by atoms with Crippen LogP contribution in [0.25, 0.3) is 28.2 Å². The highest BCUT2D eigenvalue weighted by Crippen LogP contribution is 2.37. The zero-order valence-electron chi connectivity index (χ0n) is 18.3. The highest BCUT2D eigenvalue weighted by Gasteiger charge is 2.23. The molecule has 170 valence electrons. The third-order valence-electron chi connectivity index (χ3n) is 5.04. The summed E-state index contributed by atoms with van der Waals surface area (Å²) in [5.74, 6) is 1.01. The van der Waals surface area contributed by atoms with Gasteiger partial charge in [0.1, 0.15) is 5.52 Å². The van der Waals surface area contributed by atoms with Crippen LogP contribution in [-0.2, 0) is 0 Å². The van der Waals surface area contributed by atoms with Gasteiger partial charge in [0.05, 0.1) is 39.7 Å². The first-order valence-electron chi connectivity index (χ1n) is 9.69. The summed E-state index contributed by atoms with van der Waals surface area (Å²) in [6, 6.07) is 10.1. The minimum absolute atomic E-state index is 0.105. The Morgan fingerprint density at radius 2 is 1.67 bits per heavy atom. The van der Waals surface area contributed by atoms with Crippen LogP contribution < -0.4 is 30.4 Å². The van der Waals surface area contributed by atoms with Crippen molar-refractivity contribution in [3.8, 4) is 40.1 Å². The van der Waals surface area contributed by atoms with Gasteiger partial charge in [-0.3, -0.25) is 4.79 Å². The molecule has 3 N–H and O–H groups in total. The van der Waals surface area contributed by atoms with Crippen LogP contribution in [0.3, 0.4) is 0 Å². The summed E-state index contributed by atoms with van der Waals surface area (Å²) in [6.07, 6.45) is 0. The number of nitrogens with two attached hydrogens (primary N) is 1. The molecule has 0 saturated carbocycles. The van der Waals surface area contributed by atoms with Crippen molar-refractivity contribution in [2.24, 2.45) is 5.73 Å². The number of hydrogen-bond donors (Lipinski definition) is 2. The van der Waals surface area contributed by atoms with Gasteiger partial charge in [-0.1, -0.05) is 6.07 Å². The number of nitrogens with one attached hydrogen (secondary N) is 1. The Labute approximate surface area is 187 Å². The van der Waals surface area contributed by atoms with Gasteiger partial charge in [-0.2, -0.15) is 0 Å². The molecule has 0 aliphatic rings. The highest BCUT2D eigenvalue weighted by atomic mass is 16.5. The number of imidazole rings is 1. The van der Waals surface area contributed by atoms with E-state index in [9.17, 15) is 9.59 Å². The molecule has 0 saturated heterocycles. The highest BCUT2D eigenvalue weighted by molar-refractivity contribution is 6.02. The molecule has 4 rings (SSSR count). The molecule has 0 atom stereocenters. The zero-order valence-corrected chi connectivity index (χ0v) is 18.3. The molecule has 0 aliphatic heterocycles. The predicted octanol–water partition coefficient (Wildman–Crippen LogP) is 1.91. The molecule has 33 heavy (non-hydrogen) atoms. The van der Waals surface area contributed by atoms with Crippen LogP contribution in [-0.4, -0.2) is 53.9 Å². The number of carbonyl (C=O) groups excluding carboxylic acids is 1. The van der Waals surface area contributed by atoms with Gasteiger partial charge < -0.3 is 29.7 Å². The van der Waals surface area contributed by atoms with E-state index in [1.165, 1.54) is 33.0 Å². The first-order chi connectivity index (χ1) is 15.9. The number of methoxy groups -OCH3 is 4. The molecule has 4 aromatic rings. The standard InChI is InChI=1S/C22H21N5O6/c1-30-13-9-8-11(10-15(13)32-3)27-21-17(25-22(27)29)16(19(23)28)24-20(26-21)12-6-5-7-14(31-2)18(12)33-4/h5-10H,1-4H3,(H2,23,28)(H,25,29). The molecule has 0 spiro atoms. The lowest BCUT2D eigenvalue weighted by atomic mass is 10.1. The van der Waals surface area contributed by atoms with Gasteiger partial charge in [-0.25, -0.2) is 19.3 Å². The summed E-state index contributed by atoms with van der Waals surface area (Å²) in [6.45, 7) is 0. The Morgan fingerprint density at radius 1 is 0.939 bits per heavy atom. The zero-order chi connectivity index (χ0) is 23.7. The topological polar surface area (TPSA) is 144 Å². The number of primary amides is 1. The fourth-order valence-electron chi connectivity index (χ4n) is 3.55. The quantitative estimate of drug-likeness (QED) is 0.434. The van der Waals surface area contributed by atoms with Gasteiger partial charge in [0.15, 0.2) is 40.2 Å². The molecule has 0 fully saturated rings. The number of ether oxygens (including phenoxy) is 4. The number of fused-ring (bicyclic) bond motifs is 1. The SMILES string of the molecule is COc1ccc(-n2c(=O)[nH]c3c(C(N)=O)nc(-c4cccc(OC)c4OC)nc32)cc1OC. The van der Waals surface area contributed by atoms with Crippen molar-refractivity contribution < 1.29 is 23.7 Å². The maximum atomic E-state index is 12.9. The second-order valence-corrected chi connectivity index (χ2v) is 6.80. The van der Waals surface area contributed by atoms with Gasteiger partial charge in [-0.05, 0) is 24.3 Å². The van der Waals surface area contributed by atoms with Gasteiger partial charge in [0.2, 0.25) is 0 Å². The molecule has 0 unspecified atom stereocenters. The molecule has 1 amide bonds. The van der Waals surface area contributed by atoms with E-state index in [-0.39, 0.29) is 22.7 Å². The monoisotopic (exact) mass is 451 g/mol. The van der Waals surface area contributed by atoms with E-state index in [4.69, 9.17) is 24.7 Å². The second kappa shape index (κ2) is 8.54. The molecule has 11 nitrogen and oxygen atoms in total. The average Bonchev–Trinajstić information content (AvgIpc) is 3.17. The fraction of sp³-hybridized carbons (Fsp3) is 0.182. The van der Waals surface area contributed by atoms with Crippen molar-refractivity contribution in [3.05, 3.63) is 52.6 Å². The van der Waals surface area contributed by atoms with Gasteiger partial charge in [0, 0.05) is 6.07 Å². The molecule has 0 aliphatic carbocycles. The van der Waals surface area contributed by atoms with Crippen LogP contribution in [0.1, 0.15) is 10.5 Å². The third kappa shape index (κ3) is 3.59. The fourth-order valence-corrected chi connectivity index (χ4v) is 3.55. The molecule has 2 aromatic heterocycles. The summed E-state index contributed by atoms with van der Waals surface area (Å²) >= 11 is 0. The Hall–Kier alpha value is -4.54. The summed E-state index contributed by atoms with van der Waals surface area (Å²) in [5, 5.41) is 0. The maximum Gasteiger partial charge on any atom is 0.332 e. The van der Waals surface area contributed by atoms with Crippen molar-refractivity contribution in [1.82, 2.24) is 19.5 Å². The Morgan fingerprint density at radius 3 is 2.30 bits per heavy atom. The molecule has 0 bridgehead atoms. The van der Waals surface area contributed by atoms with E-state index in [0.717, 1.165) is 0 Å². The number of amides is 1. The number of hydrogen-bond acceptors (Lipinski definition) is 8. The van der Waals surface area contributed by atoms with E-state index >= 15 is 0 Å². The number of H-pyrrole nitrogens is 1. The van der Waals surface area contributed by atoms with Crippen LogP contribution in [0, 0.1) is 0 Å². The molecule has 2 aromatic carbocycles. The van der Waals surface area contributed by atoms with Crippen LogP contribution in [0.15, 0.2) is 41.2 Å². The van der Waals surface area contributed by atoms with Crippen LogP contribution >= 0.6 is 0 Å². The molecular weight excluding hydrogens is 430 g/mol. The number of aromatic amines is 1. The maximum absolute atomic E-state index is 12.9. The van der Waals surface area contributed by atoms with Crippen LogP contribution in [0.2, 0.25) is 0 Å². The number of aromatic nitrogens is 4. The smallest absolute Gasteiger partial charge is 0.332 e. The van der Waals surface area contributed by atoms with Crippen molar-refractivity contribution in [2.75, 3.05) is 28.4 Å². The first-order valence-corrected chi connectivity index (χ1v) is 9.69. The minimum atomic E-state index is -0.828. The minimum Gasteiger partial charge on any atom is -0.493 e. The van der Waals surface area contributed by atoms with Crippen LogP contribution in [0.4, 0.5) is 0 Å². The summed E-state index contributed by atoms with van der Waals surface area (Å²) in [5.41, 5.74) is 6.04. The van der Waals surface area contributed by atoms with E-state index < -0.39 is 11.6 Å². The van der Waals surface area contributed by atoms with Crippen molar-refractivity contribution in [3.63, 3.8) is 0 Å². The number of nitrogens with zero attached hydrogens (tertiary/aromatic N) is 3. The summed E-state index contributed by atoms with van der Waals surface area (Å²) in [7, 11) is 5.97. The average molecular weight is 451 g/mol. The lowest BCUT2D eigenvalue weighted by Crippen LogP contribution is -2.15. The van der Waals surface area contributed by atoms with Crippen LogP contribution in [0.5, 0.6) is 23.0 Å². The third-order valence-corrected chi connectivity index (χ3v) is 5.04. The Bertz CT molecular complexity index is 1430. The molecular formula is C22H21N5O6. The lowest BCUT2D eigenvalue weighted by Gasteiger charge is -2.13. The van der Waals surface area contributed by atoms with E-state index in [0.29, 0.717) is 34.2 Å².